The van der Waals surface area contributed by atoms with Gasteiger partial charge in [0.25, 0.3) is 0 Å². The monoisotopic (exact) mass is 1680 g/mol. The van der Waals surface area contributed by atoms with E-state index in [4.69, 9.17) is 34.9 Å². The molecule has 0 amide bonds. The Hall–Kier alpha value is -16.9. The summed E-state index contributed by atoms with van der Waals surface area (Å²) in [5, 5.41) is 11.9. The van der Waals surface area contributed by atoms with Gasteiger partial charge in [-0.1, -0.05) is 428 Å². The Balaban J connectivity index is 0.000000146. The number of fused-ring (bicyclic) bond motifs is 14. The van der Waals surface area contributed by atoms with E-state index in [0.29, 0.717) is 23.3 Å². The van der Waals surface area contributed by atoms with E-state index in [9.17, 15) is 0 Å². The van der Waals surface area contributed by atoms with Gasteiger partial charge in [-0.2, -0.15) is 0 Å². The molecule has 620 valence electrons. The summed E-state index contributed by atoms with van der Waals surface area (Å²) >= 11 is 0. The zero-order valence-electron chi connectivity index (χ0n) is 73.3. The molecule has 0 aliphatic heterocycles. The fraction of sp³-hybridized carbons (Fsp3) is 0.0480. The number of pyridine rings is 2. The lowest BCUT2D eigenvalue weighted by Gasteiger charge is -2.25. The lowest BCUT2D eigenvalue weighted by atomic mass is 9.78. The van der Waals surface area contributed by atoms with Crippen LogP contribution < -0.4 is 0 Å². The average Bonchev–Trinajstić information content (AvgIpc) is 1.54. The van der Waals surface area contributed by atoms with Crippen LogP contribution >= 0.6 is 0 Å². The molecule has 0 saturated heterocycles. The molecular weight excluding hydrogens is 1600 g/mol. The fourth-order valence-corrected chi connectivity index (χ4v) is 20.4. The van der Waals surface area contributed by atoms with Gasteiger partial charge < -0.3 is 0 Å². The van der Waals surface area contributed by atoms with Crippen LogP contribution in [0, 0.1) is 0 Å². The molecule has 0 fully saturated rings. The van der Waals surface area contributed by atoms with Crippen LogP contribution in [0.4, 0.5) is 0 Å². The van der Waals surface area contributed by atoms with Crippen molar-refractivity contribution < 1.29 is 0 Å². The molecule has 0 spiro atoms. The first-order valence-corrected chi connectivity index (χ1v) is 45.3. The van der Waals surface area contributed by atoms with E-state index in [1.807, 2.05) is 42.5 Å². The molecule has 2 aliphatic rings. The van der Waals surface area contributed by atoms with Crippen LogP contribution in [0.2, 0.25) is 0 Å². The second-order valence-electron chi connectivity index (χ2n) is 35.8. The van der Waals surface area contributed by atoms with E-state index >= 15 is 0 Å². The normalized spacial score (nSPS) is 12.7. The second kappa shape index (κ2) is 32.2. The minimum Gasteiger partial charge on any atom is -0.247 e. The van der Waals surface area contributed by atoms with Crippen LogP contribution in [0.15, 0.2) is 443 Å². The van der Waals surface area contributed by atoms with Crippen molar-refractivity contribution in [3.63, 3.8) is 0 Å². The fourth-order valence-electron chi connectivity index (χ4n) is 20.4. The summed E-state index contributed by atoms with van der Waals surface area (Å²) in [6.07, 6.45) is 0. The molecule has 4 aromatic heterocycles. The smallest absolute Gasteiger partial charge is 0.164 e. The first-order valence-electron chi connectivity index (χ1n) is 45.3. The van der Waals surface area contributed by atoms with Gasteiger partial charge in [0, 0.05) is 66.1 Å². The Morgan fingerprint density at radius 2 is 0.439 bits per heavy atom. The molecular formula is C125H85N7. The van der Waals surface area contributed by atoms with Gasteiger partial charge >= 0.3 is 0 Å². The Morgan fingerprint density at radius 3 is 0.856 bits per heavy atom. The molecule has 0 unspecified atom stereocenters. The lowest BCUT2D eigenvalue weighted by molar-refractivity contribution is 0.661. The molecule has 0 saturated carbocycles. The maximum Gasteiger partial charge on any atom is 0.164 e. The predicted molar refractivity (Wildman–Crippen MR) is 548 cm³/mol. The van der Waals surface area contributed by atoms with E-state index in [1.54, 1.807) is 0 Å². The molecule has 0 atom stereocenters. The van der Waals surface area contributed by atoms with E-state index in [-0.39, 0.29) is 10.8 Å². The Kier molecular flexibility index (Phi) is 19.1. The van der Waals surface area contributed by atoms with Crippen molar-refractivity contribution in [1.29, 1.82) is 0 Å². The molecule has 2 aliphatic carbocycles. The second-order valence-corrected chi connectivity index (χ2v) is 35.8. The summed E-state index contributed by atoms with van der Waals surface area (Å²) in [7, 11) is 0. The van der Waals surface area contributed by atoms with Gasteiger partial charge in [-0.05, 0) is 186 Å². The highest BCUT2D eigenvalue weighted by Gasteiger charge is 2.42. The van der Waals surface area contributed by atoms with Crippen LogP contribution in [0.25, 0.3) is 233 Å². The van der Waals surface area contributed by atoms with E-state index < -0.39 is 0 Å². The molecule has 7 nitrogen and oxygen atoms in total. The maximum atomic E-state index is 5.40. The van der Waals surface area contributed by atoms with Crippen molar-refractivity contribution in [2.75, 3.05) is 0 Å². The standard InChI is InChI=1S/C66H45N3.C59H40N4/c1-66(2)57-20-12-11-19-56(57)64-63(66)61(62-55-18-10-9-17-47(55)37-38-58(62)67-64)49-29-23-46(24-30-49)51-33-34-53-40-54(36-35-52(53)39-51)60-41-59(48-27-21-44(22-28-48)42-13-5-3-6-14-42)68-65(69-60)50-31-25-45(26-32-50)43-15-7-4-8-16-43;1-59(2)50-20-12-11-19-49(50)55-54(59)52(53-48-18-10-9-15-40(48)33-34-51(53)60-55)41-25-21-39(22-26-41)44-29-30-46-36-47(32-31-45(46)35-44)58-62-56(42-16-7-4-8-17-42)61-57(63-58)43-27-23-38(24-28-43)37-13-5-3-6-14-37/h3-41H,1-2H3;3-36H,1-2H3. The highest BCUT2D eigenvalue weighted by Crippen LogP contribution is 2.57. The van der Waals surface area contributed by atoms with Crippen LogP contribution in [-0.4, -0.2) is 34.9 Å². The third-order valence-corrected chi connectivity index (χ3v) is 27.1. The minimum absolute atomic E-state index is 0.213. The maximum absolute atomic E-state index is 5.40. The highest BCUT2D eigenvalue weighted by molar-refractivity contribution is 6.18. The summed E-state index contributed by atoms with van der Waals surface area (Å²) in [6.45, 7) is 9.40. The number of hydrogen-bond acceptors (Lipinski definition) is 7. The minimum atomic E-state index is -0.216. The van der Waals surface area contributed by atoms with Crippen LogP contribution in [0.5, 0.6) is 0 Å². The quantitative estimate of drug-likeness (QED) is 0.106. The SMILES string of the molecule is CC1(C)c2ccccc2-c2nc3ccc4ccccc4c3c(-c3ccc(-c4ccc5cc(-c6cc(-c7ccc(-c8ccccc8)cc7)nc(-c7ccc(-c8ccccc8)cc7)n6)ccc5c4)cc3)c21.CC1(C)c2ccccc2-c2nc3ccc4ccccc4c3c(-c3ccc(-c4ccc5cc(-c6nc(-c7ccccc7)nc(-c7ccc(-c8ccccc8)cc7)n6)ccc5c4)cc3)c21. The van der Waals surface area contributed by atoms with Gasteiger partial charge in [-0.25, -0.2) is 34.9 Å². The Labute approximate surface area is 766 Å². The molecule has 132 heavy (non-hydrogen) atoms. The molecule has 0 bridgehead atoms. The topological polar surface area (TPSA) is 90.2 Å². The van der Waals surface area contributed by atoms with Gasteiger partial charge in [0.05, 0.1) is 33.8 Å². The van der Waals surface area contributed by atoms with Crippen molar-refractivity contribution >= 4 is 64.9 Å². The molecule has 4 heterocycles. The number of aromatic nitrogens is 7. The predicted octanol–water partition coefficient (Wildman–Crippen LogP) is 32.3. The zero-order valence-corrected chi connectivity index (χ0v) is 73.3. The molecule has 7 heteroatoms. The molecule has 25 rings (SSSR count). The van der Waals surface area contributed by atoms with Crippen LogP contribution in [-0.2, 0) is 10.8 Å². The Morgan fingerprint density at radius 1 is 0.174 bits per heavy atom. The van der Waals surface area contributed by atoms with Crippen molar-refractivity contribution in [1.82, 2.24) is 34.9 Å². The first kappa shape index (κ1) is 78.6. The van der Waals surface area contributed by atoms with Gasteiger partial charge in [-0.15, -0.1) is 0 Å². The highest BCUT2D eigenvalue weighted by atomic mass is 15.0. The van der Waals surface area contributed by atoms with E-state index in [0.717, 1.165) is 100 Å². The first-order chi connectivity index (χ1) is 64.9. The number of nitrogens with zero attached hydrogens (tertiary/aromatic N) is 7. The van der Waals surface area contributed by atoms with Gasteiger partial charge in [0.2, 0.25) is 0 Å². The van der Waals surface area contributed by atoms with Crippen molar-refractivity contribution in [2.45, 2.75) is 38.5 Å². The van der Waals surface area contributed by atoms with Crippen LogP contribution in [0.1, 0.15) is 49.9 Å². The van der Waals surface area contributed by atoms with E-state index in [1.165, 1.54) is 132 Å². The third-order valence-electron chi connectivity index (χ3n) is 27.1. The zero-order chi connectivity index (χ0) is 88.1. The number of hydrogen-bond donors (Lipinski definition) is 0. The van der Waals surface area contributed by atoms with Crippen molar-refractivity contribution in [3.05, 3.63) is 465 Å². The van der Waals surface area contributed by atoms with Gasteiger partial charge in [0.1, 0.15) is 0 Å². The molecule has 0 radical (unpaired) electrons. The van der Waals surface area contributed by atoms with Crippen LogP contribution in [0.3, 0.4) is 0 Å². The summed E-state index contributed by atoms with van der Waals surface area (Å²) in [5.74, 6) is 2.62. The van der Waals surface area contributed by atoms with Crippen molar-refractivity contribution in [2.24, 2.45) is 0 Å². The summed E-state index contributed by atoms with van der Waals surface area (Å²) in [5.41, 5.74) is 35.8. The Bertz CT molecular complexity index is 8390. The largest absolute Gasteiger partial charge is 0.247 e. The number of rotatable bonds is 13. The summed E-state index contributed by atoms with van der Waals surface area (Å²) in [4.78, 5) is 36.3. The number of benzene rings is 19. The molecule has 19 aromatic carbocycles. The van der Waals surface area contributed by atoms with Gasteiger partial charge in [-0.3, -0.25) is 0 Å². The van der Waals surface area contributed by atoms with E-state index in [2.05, 4.69) is 428 Å². The van der Waals surface area contributed by atoms with Gasteiger partial charge in [0.15, 0.2) is 23.3 Å². The lowest BCUT2D eigenvalue weighted by Crippen LogP contribution is -2.16. The van der Waals surface area contributed by atoms with Crippen molar-refractivity contribution in [3.8, 4) is 168 Å². The third kappa shape index (κ3) is 14.0. The summed E-state index contributed by atoms with van der Waals surface area (Å²) in [6, 6.07) is 158. The molecule has 0 N–H and O–H groups in total. The molecule has 23 aromatic rings. The average molecular weight is 1690 g/mol. The summed E-state index contributed by atoms with van der Waals surface area (Å²) < 4.78 is 0.